The first kappa shape index (κ1) is 20.8. The Labute approximate surface area is 171 Å². The average molecular weight is 396 g/mol. The Hall–Kier alpha value is -2.93. The van der Waals surface area contributed by atoms with Gasteiger partial charge < -0.3 is 10.1 Å². The molecular formula is C22H28N4O3. The third-order valence-electron chi connectivity index (χ3n) is 5.01. The van der Waals surface area contributed by atoms with Crippen molar-refractivity contribution in [1.29, 1.82) is 0 Å². The summed E-state index contributed by atoms with van der Waals surface area (Å²) in [7, 11) is 1.92. The molecule has 2 aromatic rings. The van der Waals surface area contributed by atoms with Crippen molar-refractivity contribution >= 4 is 23.6 Å². The topological polar surface area (TPSA) is 76.5 Å². The number of aromatic nitrogens is 2. The minimum Gasteiger partial charge on any atom is -0.463 e. The number of anilines is 1. The molecule has 154 valence electrons. The molecular weight excluding hydrogens is 368 g/mol. The largest absolute Gasteiger partial charge is 0.463 e. The van der Waals surface area contributed by atoms with Gasteiger partial charge in [-0.15, -0.1) is 0 Å². The van der Waals surface area contributed by atoms with Crippen LogP contribution < -0.4 is 5.32 Å². The van der Waals surface area contributed by atoms with E-state index in [1.54, 1.807) is 13.0 Å². The SMILES string of the molecule is CCOC(=O)/C=C/c1ccc(NC(=O)CN2CCCC2c2cn(C)nc2C)cc1. The second kappa shape index (κ2) is 9.52. The van der Waals surface area contributed by atoms with Gasteiger partial charge in [-0.3, -0.25) is 14.4 Å². The second-order valence-electron chi connectivity index (χ2n) is 7.23. The molecule has 0 aliphatic carbocycles. The van der Waals surface area contributed by atoms with E-state index in [9.17, 15) is 9.59 Å². The van der Waals surface area contributed by atoms with Crippen LogP contribution in [-0.2, 0) is 21.4 Å². The first-order valence-corrected chi connectivity index (χ1v) is 9.95. The molecule has 0 saturated carbocycles. The molecule has 1 saturated heterocycles. The number of amides is 1. The predicted octanol–water partition coefficient (Wildman–Crippen LogP) is 3.08. The average Bonchev–Trinajstić information content (AvgIpc) is 3.26. The maximum absolute atomic E-state index is 12.6. The van der Waals surface area contributed by atoms with E-state index >= 15 is 0 Å². The van der Waals surface area contributed by atoms with Gasteiger partial charge in [0, 0.05) is 36.6 Å². The lowest BCUT2D eigenvalue weighted by atomic mass is 10.1. The van der Waals surface area contributed by atoms with E-state index < -0.39 is 0 Å². The van der Waals surface area contributed by atoms with Crippen molar-refractivity contribution in [2.75, 3.05) is 25.0 Å². The first-order chi connectivity index (χ1) is 14.0. The molecule has 1 aliphatic rings. The summed E-state index contributed by atoms with van der Waals surface area (Å²) < 4.78 is 6.69. The smallest absolute Gasteiger partial charge is 0.330 e. The molecule has 1 N–H and O–H groups in total. The number of hydrogen-bond donors (Lipinski definition) is 1. The van der Waals surface area contributed by atoms with Crippen LogP contribution in [0.3, 0.4) is 0 Å². The summed E-state index contributed by atoms with van der Waals surface area (Å²) in [6.07, 6.45) is 7.26. The van der Waals surface area contributed by atoms with Crippen molar-refractivity contribution in [3.05, 3.63) is 53.4 Å². The molecule has 29 heavy (non-hydrogen) atoms. The fraction of sp³-hybridized carbons (Fsp3) is 0.409. The summed E-state index contributed by atoms with van der Waals surface area (Å²) in [6.45, 7) is 5.40. The van der Waals surface area contributed by atoms with E-state index in [2.05, 4.69) is 21.5 Å². The molecule has 3 rings (SSSR count). The number of carbonyl (C=O) groups is 2. The molecule has 0 bridgehead atoms. The first-order valence-electron chi connectivity index (χ1n) is 9.95. The maximum atomic E-state index is 12.6. The molecule has 2 heterocycles. The number of likely N-dealkylation sites (tertiary alicyclic amines) is 1. The second-order valence-corrected chi connectivity index (χ2v) is 7.23. The molecule has 1 aromatic heterocycles. The highest BCUT2D eigenvalue weighted by atomic mass is 16.5. The minimum absolute atomic E-state index is 0.0340. The normalized spacial score (nSPS) is 17.0. The van der Waals surface area contributed by atoms with Gasteiger partial charge in [-0.1, -0.05) is 12.1 Å². The third kappa shape index (κ3) is 5.54. The van der Waals surface area contributed by atoms with E-state index in [-0.39, 0.29) is 17.9 Å². The Bertz CT molecular complexity index is 886. The van der Waals surface area contributed by atoms with Crippen LogP contribution in [0.4, 0.5) is 5.69 Å². The molecule has 0 radical (unpaired) electrons. The minimum atomic E-state index is -0.367. The summed E-state index contributed by atoms with van der Waals surface area (Å²) in [6, 6.07) is 7.60. The van der Waals surface area contributed by atoms with Gasteiger partial charge in [0.05, 0.1) is 18.8 Å². The Morgan fingerprint density at radius 2 is 2.07 bits per heavy atom. The summed E-state index contributed by atoms with van der Waals surface area (Å²) >= 11 is 0. The van der Waals surface area contributed by atoms with E-state index in [0.29, 0.717) is 13.2 Å². The van der Waals surface area contributed by atoms with Crippen molar-refractivity contribution in [3.63, 3.8) is 0 Å². The van der Waals surface area contributed by atoms with Crippen molar-refractivity contribution in [2.24, 2.45) is 7.05 Å². The van der Waals surface area contributed by atoms with Crippen LogP contribution in [0.15, 0.2) is 36.5 Å². The molecule has 7 heteroatoms. The van der Waals surface area contributed by atoms with Crippen LogP contribution in [0.2, 0.25) is 0 Å². The highest BCUT2D eigenvalue weighted by molar-refractivity contribution is 5.92. The van der Waals surface area contributed by atoms with Crippen LogP contribution in [0.5, 0.6) is 0 Å². The van der Waals surface area contributed by atoms with Gasteiger partial charge in [0.25, 0.3) is 0 Å². The van der Waals surface area contributed by atoms with Gasteiger partial charge in [-0.05, 0) is 57.0 Å². The number of ether oxygens (including phenoxy) is 1. The van der Waals surface area contributed by atoms with Crippen molar-refractivity contribution in [3.8, 4) is 0 Å². The lowest BCUT2D eigenvalue weighted by Gasteiger charge is -2.23. The third-order valence-corrected chi connectivity index (χ3v) is 5.01. The van der Waals surface area contributed by atoms with Gasteiger partial charge in [-0.25, -0.2) is 4.79 Å². The quantitative estimate of drug-likeness (QED) is 0.575. The van der Waals surface area contributed by atoms with Crippen molar-refractivity contribution in [2.45, 2.75) is 32.7 Å². The number of benzene rings is 1. The zero-order valence-corrected chi connectivity index (χ0v) is 17.2. The summed E-state index contributed by atoms with van der Waals surface area (Å²) in [5.41, 5.74) is 3.83. The number of rotatable bonds is 7. The fourth-order valence-corrected chi connectivity index (χ4v) is 3.73. The molecule has 1 unspecified atom stereocenters. The number of carbonyl (C=O) groups excluding carboxylic acids is 2. The highest BCUT2D eigenvalue weighted by Gasteiger charge is 2.29. The standard InChI is InChI=1S/C22H28N4O3/c1-4-29-22(28)12-9-17-7-10-18(11-8-17)23-21(27)15-26-13-5-6-20(26)19-14-25(3)24-16(19)2/h7-12,14,20H,4-6,13,15H2,1-3H3,(H,23,27)/b12-9+. The van der Waals surface area contributed by atoms with Crippen LogP contribution in [0, 0.1) is 6.92 Å². The molecule has 1 atom stereocenters. The molecule has 0 spiro atoms. The number of nitrogens with one attached hydrogen (secondary N) is 1. The lowest BCUT2D eigenvalue weighted by molar-refractivity contribution is -0.137. The van der Waals surface area contributed by atoms with E-state index in [4.69, 9.17) is 4.74 Å². The Kier molecular flexibility index (Phi) is 6.82. The van der Waals surface area contributed by atoms with Crippen LogP contribution in [0.1, 0.15) is 42.6 Å². The van der Waals surface area contributed by atoms with Gasteiger partial charge in [0.15, 0.2) is 0 Å². The number of aryl methyl sites for hydroxylation is 2. The van der Waals surface area contributed by atoms with Gasteiger partial charge in [0.2, 0.25) is 5.91 Å². The Morgan fingerprint density at radius 1 is 1.31 bits per heavy atom. The summed E-state index contributed by atoms with van der Waals surface area (Å²) in [5.74, 6) is -0.401. The highest BCUT2D eigenvalue weighted by Crippen LogP contribution is 2.33. The van der Waals surface area contributed by atoms with Gasteiger partial charge >= 0.3 is 5.97 Å². The molecule has 1 amide bonds. The zero-order chi connectivity index (χ0) is 20.8. The van der Waals surface area contributed by atoms with Gasteiger partial charge in [-0.2, -0.15) is 5.10 Å². The van der Waals surface area contributed by atoms with Crippen LogP contribution >= 0.6 is 0 Å². The fourth-order valence-electron chi connectivity index (χ4n) is 3.73. The molecule has 1 fully saturated rings. The molecule has 1 aliphatic heterocycles. The van der Waals surface area contributed by atoms with E-state index in [1.807, 2.05) is 42.9 Å². The lowest BCUT2D eigenvalue weighted by Crippen LogP contribution is -2.33. The predicted molar refractivity (Wildman–Crippen MR) is 112 cm³/mol. The monoisotopic (exact) mass is 396 g/mol. The number of esters is 1. The summed E-state index contributed by atoms with van der Waals surface area (Å²) in [5, 5.41) is 7.39. The van der Waals surface area contributed by atoms with Crippen LogP contribution in [-0.4, -0.2) is 46.3 Å². The van der Waals surface area contributed by atoms with E-state index in [0.717, 1.165) is 36.3 Å². The summed E-state index contributed by atoms with van der Waals surface area (Å²) in [4.78, 5) is 26.1. The van der Waals surface area contributed by atoms with E-state index in [1.165, 1.54) is 11.6 Å². The van der Waals surface area contributed by atoms with Crippen molar-refractivity contribution in [1.82, 2.24) is 14.7 Å². The zero-order valence-electron chi connectivity index (χ0n) is 17.2. The maximum Gasteiger partial charge on any atom is 0.330 e. The molecule has 1 aromatic carbocycles. The number of hydrogen-bond acceptors (Lipinski definition) is 5. The molecule has 7 nitrogen and oxygen atoms in total. The number of nitrogens with zero attached hydrogens (tertiary/aromatic N) is 3. The van der Waals surface area contributed by atoms with Crippen molar-refractivity contribution < 1.29 is 14.3 Å². The van der Waals surface area contributed by atoms with Crippen LogP contribution in [0.25, 0.3) is 6.08 Å². The Morgan fingerprint density at radius 3 is 2.72 bits per heavy atom. The Balaban J connectivity index is 1.56. The van der Waals surface area contributed by atoms with Gasteiger partial charge in [0.1, 0.15) is 0 Å².